The first-order chi connectivity index (χ1) is 12.5. The summed E-state index contributed by atoms with van der Waals surface area (Å²) >= 11 is 0. The number of hydrogen-bond donors (Lipinski definition) is 0. The van der Waals surface area contributed by atoms with Crippen LogP contribution in [0.4, 0.5) is 4.39 Å². The summed E-state index contributed by atoms with van der Waals surface area (Å²) in [6.07, 6.45) is 0.279. The molecule has 0 N–H and O–H groups in total. The van der Waals surface area contributed by atoms with Gasteiger partial charge in [0.25, 0.3) is 0 Å². The molecule has 0 saturated heterocycles. The molecule has 26 heavy (non-hydrogen) atoms. The van der Waals surface area contributed by atoms with Crippen molar-refractivity contribution in [1.29, 1.82) is 0 Å². The molecule has 0 saturated carbocycles. The van der Waals surface area contributed by atoms with Gasteiger partial charge < -0.3 is 9.64 Å². The van der Waals surface area contributed by atoms with Crippen molar-refractivity contribution < 1.29 is 18.7 Å². The van der Waals surface area contributed by atoms with Crippen molar-refractivity contribution in [3.63, 3.8) is 0 Å². The normalized spacial score (nSPS) is 10.4. The van der Waals surface area contributed by atoms with Gasteiger partial charge in [-0.2, -0.15) is 0 Å². The van der Waals surface area contributed by atoms with Gasteiger partial charge in [-0.15, -0.1) is 0 Å². The Morgan fingerprint density at radius 2 is 1.77 bits per heavy atom. The zero-order valence-electron chi connectivity index (χ0n) is 15.2. The average molecular weight is 357 g/mol. The van der Waals surface area contributed by atoms with Crippen LogP contribution in [0.1, 0.15) is 42.6 Å². The average Bonchev–Trinajstić information content (AvgIpc) is 2.65. The second-order valence-corrected chi connectivity index (χ2v) is 5.92. The zero-order chi connectivity index (χ0) is 18.9. The first-order valence-electron chi connectivity index (χ1n) is 8.81. The van der Waals surface area contributed by atoms with E-state index in [0.717, 1.165) is 5.56 Å². The van der Waals surface area contributed by atoms with E-state index in [9.17, 15) is 14.0 Å². The molecule has 0 aliphatic heterocycles. The van der Waals surface area contributed by atoms with Crippen LogP contribution in [0.3, 0.4) is 0 Å². The van der Waals surface area contributed by atoms with Crippen LogP contribution in [0.5, 0.6) is 5.75 Å². The zero-order valence-corrected chi connectivity index (χ0v) is 15.2. The molecule has 1 amide bonds. The van der Waals surface area contributed by atoms with Crippen LogP contribution >= 0.6 is 0 Å². The quantitative estimate of drug-likeness (QED) is 0.631. The fourth-order valence-corrected chi connectivity index (χ4v) is 2.66. The molecule has 0 bridgehead atoms. The highest BCUT2D eigenvalue weighted by Crippen LogP contribution is 2.15. The molecule has 0 atom stereocenters. The largest absolute Gasteiger partial charge is 0.494 e. The number of carbonyl (C=O) groups excluding carboxylic acids is 2. The lowest BCUT2D eigenvalue weighted by Gasteiger charge is -2.21. The highest BCUT2D eigenvalue weighted by atomic mass is 19.1. The molecule has 2 rings (SSSR count). The van der Waals surface area contributed by atoms with Crippen LogP contribution in [0.2, 0.25) is 0 Å². The van der Waals surface area contributed by atoms with E-state index >= 15 is 0 Å². The molecule has 0 fully saturated rings. The van der Waals surface area contributed by atoms with Gasteiger partial charge in [-0.3, -0.25) is 9.59 Å². The maximum absolute atomic E-state index is 13.3. The van der Waals surface area contributed by atoms with Gasteiger partial charge in [0.05, 0.1) is 6.61 Å². The minimum absolute atomic E-state index is 0.0804. The minimum atomic E-state index is -0.323. The molecule has 138 valence electrons. The molecule has 0 spiro atoms. The topological polar surface area (TPSA) is 46.6 Å². The fourth-order valence-electron chi connectivity index (χ4n) is 2.66. The molecular formula is C21H24FNO3. The van der Waals surface area contributed by atoms with E-state index in [0.29, 0.717) is 31.0 Å². The van der Waals surface area contributed by atoms with E-state index < -0.39 is 0 Å². The van der Waals surface area contributed by atoms with Crippen LogP contribution in [-0.2, 0) is 11.3 Å². The molecule has 0 heterocycles. The van der Waals surface area contributed by atoms with E-state index in [-0.39, 0.29) is 30.3 Å². The molecular weight excluding hydrogens is 333 g/mol. The first kappa shape index (κ1) is 19.6. The summed E-state index contributed by atoms with van der Waals surface area (Å²) in [4.78, 5) is 26.3. The third-order valence-electron chi connectivity index (χ3n) is 4.05. The molecule has 0 unspecified atom stereocenters. The van der Waals surface area contributed by atoms with Crippen molar-refractivity contribution in [2.75, 3.05) is 13.2 Å². The molecule has 0 aromatic heterocycles. The Kier molecular flexibility index (Phi) is 7.33. The molecule has 0 aliphatic carbocycles. The Morgan fingerprint density at radius 1 is 1.04 bits per heavy atom. The van der Waals surface area contributed by atoms with Crippen molar-refractivity contribution in [3.05, 3.63) is 65.5 Å². The molecule has 4 nitrogen and oxygen atoms in total. The summed E-state index contributed by atoms with van der Waals surface area (Å²) in [7, 11) is 0. The highest BCUT2D eigenvalue weighted by molar-refractivity contribution is 5.98. The van der Waals surface area contributed by atoms with Gasteiger partial charge in [-0.1, -0.05) is 12.1 Å². The maximum Gasteiger partial charge on any atom is 0.223 e. The SMILES string of the molecule is CCOc1ccc(C(=O)CCC(=O)N(CC)Cc2cccc(F)c2)cc1. The van der Waals surface area contributed by atoms with Gasteiger partial charge in [0.15, 0.2) is 5.78 Å². The molecule has 0 radical (unpaired) electrons. The number of carbonyl (C=O) groups is 2. The lowest BCUT2D eigenvalue weighted by Crippen LogP contribution is -2.30. The number of ketones is 1. The summed E-state index contributed by atoms with van der Waals surface area (Å²) in [5.41, 5.74) is 1.30. The smallest absolute Gasteiger partial charge is 0.223 e. The van der Waals surface area contributed by atoms with Gasteiger partial charge in [-0.25, -0.2) is 4.39 Å². The number of Topliss-reactive ketones (excluding diaryl/α,β-unsaturated/α-hetero) is 1. The Balaban J connectivity index is 1.89. The number of hydrogen-bond acceptors (Lipinski definition) is 3. The predicted molar refractivity (Wildman–Crippen MR) is 98.7 cm³/mol. The van der Waals surface area contributed by atoms with E-state index in [1.165, 1.54) is 12.1 Å². The number of halogens is 1. The second-order valence-electron chi connectivity index (χ2n) is 5.92. The summed E-state index contributed by atoms with van der Waals surface area (Å²) in [5, 5.41) is 0. The number of amides is 1. The Labute approximate surface area is 153 Å². The van der Waals surface area contributed by atoms with Crippen molar-refractivity contribution in [2.45, 2.75) is 33.2 Å². The molecule has 2 aromatic rings. The van der Waals surface area contributed by atoms with Gasteiger partial charge in [0, 0.05) is 31.5 Å². The number of nitrogens with zero attached hydrogens (tertiary/aromatic N) is 1. The van der Waals surface area contributed by atoms with Crippen molar-refractivity contribution in [2.24, 2.45) is 0 Å². The van der Waals surface area contributed by atoms with E-state index in [2.05, 4.69) is 0 Å². The first-order valence-corrected chi connectivity index (χ1v) is 8.81. The van der Waals surface area contributed by atoms with Gasteiger partial charge in [-0.05, 0) is 55.8 Å². The molecule has 2 aromatic carbocycles. The van der Waals surface area contributed by atoms with Gasteiger partial charge in [0.1, 0.15) is 11.6 Å². The highest BCUT2D eigenvalue weighted by Gasteiger charge is 2.15. The fraction of sp³-hybridized carbons (Fsp3) is 0.333. The van der Waals surface area contributed by atoms with E-state index in [1.54, 1.807) is 41.3 Å². The van der Waals surface area contributed by atoms with Gasteiger partial charge in [0.2, 0.25) is 5.91 Å². The summed E-state index contributed by atoms with van der Waals surface area (Å²) in [5.74, 6) is 0.198. The standard InChI is InChI=1S/C21H24FNO3/c1-3-23(15-16-6-5-7-18(22)14-16)21(25)13-12-20(24)17-8-10-19(11-9-17)26-4-2/h5-11,14H,3-4,12-13,15H2,1-2H3. The van der Waals surface area contributed by atoms with Gasteiger partial charge >= 0.3 is 0 Å². The third kappa shape index (κ3) is 5.69. The minimum Gasteiger partial charge on any atom is -0.494 e. The van der Waals surface area contributed by atoms with Crippen LogP contribution < -0.4 is 4.74 Å². The van der Waals surface area contributed by atoms with Crippen LogP contribution in [0, 0.1) is 5.82 Å². The van der Waals surface area contributed by atoms with Crippen molar-refractivity contribution >= 4 is 11.7 Å². The lowest BCUT2D eigenvalue weighted by molar-refractivity contribution is -0.131. The lowest BCUT2D eigenvalue weighted by atomic mass is 10.1. The Hall–Kier alpha value is -2.69. The maximum atomic E-state index is 13.3. The second kappa shape index (κ2) is 9.70. The Morgan fingerprint density at radius 3 is 2.38 bits per heavy atom. The van der Waals surface area contributed by atoms with E-state index in [1.807, 2.05) is 13.8 Å². The predicted octanol–water partition coefficient (Wildman–Crippen LogP) is 4.24. The van der Waals surface area contributed by atoms with E-state index in [4.69, 9.17) is 4.74 Å². The molecule has 0 aliphatic rings. The molecule has 5 heteroatoms. The third-order valence-corrected chi connectivity index (χ3v) is 4.05. The monoisotopic (exact) mass is 357 g/mol. The number of ether oxygens (including phenoxy) is 1. The summed E-state index contributed by atoms with van der Waals surface area (Å²) in [6, 6.07) is 13.1. The van der Waals surface area contributed by atoms with Crippen LogP contribution in [0.25, 0.3) is 0 Å². The number of benzene rings is 2. The van der Waals surface area contributed by atoms with Crippen molar-refractivity contribution in [3.8, 4) is 5.75 Å². The van der Waals surface area contributed by atoms with Crippen LogP contribution in [-0.4, -0.2) is 29.7 Å². The summed E-state index contributed by atoms with van der Waals surface area (Å²) in [6.45, 7) is 5.18. The van der Waals surface area contributed by atoms with Crippen LogP contribution in [0.15, 0.2) is 48.5 Å². The number of rotatable bonds is 9. The Bertz CT molecular complexity index is 743. The summed E-state index contributed by atoms with van der Waals surface area (Å²) < 4.78 is 18.6. The van der Waals surface area contributed by atoms with Crippen molar-refractivity contribution in [1.82, 2.24) is 4.90 Å².